The Morgan fingerprint density at radius 1 is 0.323 bits per heavy atom. The van der Waals surface area contributed by atoms with Gasteiger partial charge in [0, 0.05) is 19.3 Å². The van der Waals surface area contributed by atoms with Gasteiger partial charge in [-0.05, 0) is 89.9 Å². The number of unbranched alkanes of at least 4 members (excludes halogenated alkanes) is 23. The summed E-state index contributed by atoms with van der Waals surface area (Å²) < 4.78 is 16.8. The van der Waals surface area contributed by atoms with Crippen LogP contribution in [0.15, 0.2) is 85.1 Å². The Labute approximate surface area is 401 Å². The number of carbonyl (C=O) groups is 3. The van der Waals surface area contributed by atoms with Gasteiger partial charge in [-0.1, -0.05) is 228 Å². The van der Waals surface area contributed by atoms with Crippen molar-refractivity contribution in [1.82, 2.24) is 0 Å². The summed E-state index contributed by atoms with van der Waals surface area (Å²) in [6.45, 7) is 6.45. The van der Waals surface area contributed by atoms with Crippen LogP contribution in [0, 0.1) is 0 Å². The van der Waals surface area contributed by atoms with Gasteiger partial charge in [0.1, 0.15) is 13.2 Å². The molecule has 0 aromatic carbocycles. The second-order valence-electron chi connectivity index (χ2n) is 17.8. The van der Waals surface area contributed by atoms with Crippen molar-refractivity contribution in [2.24, 2.45) is 0 Å². The molecule has 0 saturated heterocycles. The summed E-state index contributed by atoms with van der Waals surface area (Å²) in [6, 6.07) is 0. The largest absolute Gasteiger partial charge is 0.462 e. The van der Waals surface area contributed by atoms with Crippen LogP contribution in [-0.2, 0) is 28.6 Å². The van der Waals surface area contributed by atoms with Gasteiger partial charge >= 0.3 is 17.9 Å². The first kappa shape index (κ1) is 61.6. The Balaban J connectivity index is 4.48. The van der Waals surface area contributed by atoms with Crippen LogP contribution in [0.2, 0.25) is 0 Å². The van der Waals surface area contributed by atoms with Crippen molar-refractivity contribution >= 4 is 17.9 Å². The van der Waals surface area contributed by atoms with E-state index in [1.54, 1.807) is 0 Å². The normalized spacial score (nSPS) is 12.7. The number of hydrogen-bond donors (Lipinski definition) is 0. The van der Waals surface area contributed by atoms with Crippen LogP contribution in [0.5, 0.6) is 0 Å². The molecule has 0 aromatic rings. The number of esters is 3. The molecule has 6 nitrogen and oxygen atoms in total. The zero-order valence-electron chi connectivity index (χ0n) is 42.5. The van der Waals surface area contributed by atoms with Crippen molar-refractivity contribution in [1.29, 1.82) is 0 Å². The van der Waals surface area contributed by atoms with E-state index in [1.807, 2.05) is 0 Å². The minimum Gasteiger partial charge on any atom is -0.462 e. The number of carbonyl (C=O) groups excluding carboxylic acids is 3. The second kappa shape index (κ2) is 53.2. The topological polar surface area (TPSA) is 78.9 Å². The molecule has 0 aliphatic carbocycles. The van der Waals surface area contributed by atoms with E-state index >= 15 is 0 Å². The fourth-order valence-electron chi connectivity index (χ4n) is 7.33. The van der Waals surface area contributed by atoms with E-state index in [0.29, 0.717) is 19.3 Å². The monoisotopic (exact) mass is 905 g/mol. The molecule has 1 atom stereocenters. The van der Waals surface area contributed by atoms with E-state index in [4.69, 9.17) is 14.2 Å². The molecular weight excluding hydrogens is 805 g/mol. The average molecular weight is 905 g/mol. The molecule has 6 heteroatoms. The van der Waals surface area contributed by atoms with Crippen molar-refractivity contribution in [3.05, 3.63) is 85.1 Å². The summed E-state index contributed by atoms with van der Waals surface area (Å²) >= 11 is 0. The van der Waals surface area contributed by atoms with Crippen molar-refractivity contribution in [3.8, 4) is 0 Å². The highest BCUT2D eigenvalue weighted by Crippen LogP contribution is 2.15. The molecule has 0 aliphatic heterocycles. The Morgan fingerprint density at radius 2 is 0.615 bits per heavy atom. The highest BCUT2D eigenvalue weighted by molar-refractivity contribution is 5.71. The fraction of sp³-hybridized carbons (Fsp3) is 0.712. The summed E-state index contributed by atoms with van der Waals surface area (Å²) in [4.78, 5) is 38.0. The van der Waals surface area contributed by atoms with E-state index in [2.05, 4.69) is 106 Å². The molecule has 0 aliphatic rings. The summed E-state index contributed by atoms with van der Waals surface area (Å²) in [6.07, 6.45) is 68.5. The zero-order chi connectivity index (χ0) is 47.2. The molecule has 372 valence electrons. The molecule has 0 amide bonds. The number of rotatable bonds is 48. The van der Waals surface area contributed by atoms with Gasteiger partial charge < -0.3 is 14.2 Å². The minimum atomic E-state index is -0.802. The highest BCUT2D eigenvalue weighted by atomic mass is 16.6. The summed E-state index contributed by atoms with van der Waals surface area (Å²) in [5.41, 5.74) is 0. The maximum absolute atomic E-state index is 12.8. The molecule has 0 spiro atoms. The zero-order valence-corrected chi connectivity index (χ0v) is 42.5. The lowest BCUT2D eigenvalue weighted by atomic mass is 10.0. The lowest BCUT2D eigenvalue weighted by molar-refractivity contribution is -0.167. The lowest BCUT2D eigenvalue weighted by Gasteiger charge is -2.18. The third-order valence-corrected chi connectivity index (χ3v) is 11.4. The standard InChI is InChI=1S/C59H100O6/c1-4-7-10-13-16-19-22-25-27-29-31-34-37-40-43-46-49-52-58(61)64-55-56(54-63-57(60)51-48-45-42-39-36-33-24-21-18-15-12-9-6-3)65-59(62)53-50-47-44-41-38-35-32-30-28-26-23-20-17-14-11-8-5-2/h7,10,16-17,19-20,25-28,31,34,40,43,56H,4-6,8-9,11-15,18,21-24,29-30,32-33,35-39,41-42,44-55H2,1-3H3/b10-7+,19-16+,20-17+,27-25+,28-26+,34-31+,43-40+/t56-/m1/s1. The van der Waals surface area contributed by atoms with E-state index < -0.39 is 6.10 Å². The first-order valence-corrected chi connectivity index (χ1v) is 27.1. The molecular formula is C59H100O6. The number of allylic oxidation sites excluding steroid dienone is 14. The molecule has 0 unspecified atom stereocenters. The molecule has 0 rings (SSSR count). The van der Waals surface area contributed by atoms with Crippen molar-refractivity contribution in [3.63, 3.8) is 0 Å². The Morgan fingerprint density at radius 3 is 1.03 bits per heavy atom. The third kappa shape index (κ3) is 51.4. The molecule has 0 heterocycles. The van der Waals surface area contributed by atoms with E-state index in [-0.39, 0.29) is 37.5 Å². The lowest BCUT2D eigenvalue weighted by Crippen LogP contribution is -2.30. The van der Waals surface area contributed by atoms with Gasteiger partial charge in [0.05, 0.1) is 0 Å². The first-order valence-electron chi connectivity index (χ1n) is 27.1. The summed E-state index contributed by atoms with van der Waals surface area (Å²) in [5, 5.41) is 0. The quantitative estimate of drug-likeness (QED) is 0.0262. The first-order chi connectivity index (χ1) is 32.0. The van der Waals surface area contributed by atoms with Gasteiger partial charge in [0.2, 0.25) is 0 Å². The second-order valence-corrected chi connectivity index (χ2v) is 17.8. The summed E-state index contributed by atoms with van der Waals surface area (Å²) in [7, 11) is 0. The number of ether oxygens (including phenoxy) is 3. The molecule has 0 bridgehead atoms. The van der Waals surface area contributed by atoms with E-state index in [0.717, 1.165) is 89.9 Å². The average Bonchev–Trinajstić information content (AvgIpc) is 3.30. The van der Waals surface area contributed by atoms with Crippen molar-refractivity contribution < 1.29 is 28.6 Å². The predicted octanol–water partition coefficient (Wildman–Crippen LogP) is 18.0. The van der Waals surface area contributed by atoms with Crippen LogP contribution < -0.4 is 0 Å². The van der Waals surface area contributed by atoms with E-state index in [1.165, 1.54) is 116 Å². The van der Waals surface area contributed by atoms with Crippen molar-refractivity contribution in [2.75, 3.05) is 13.2 Å². The van der Waals surface area contributed by atoms with E-state index in [9.17, 15) is 14.4 Å². The third-order valence-electron chi connectivity index (χ3n) is 11.4. The van der Waals surface area contributed by atoms with Crippen LogP contribution in [0.25, 0.3) is 0 Å². The Hall–Kier alpha value is -3.41. The molecule has 0 N–H and O–H groups in total. The van der Waals surface area contributed by atoms with Gasteiger partial charge in [-0.3, -0.25) is 14.4 Å². The molecule has 0 radical (unpaired) electrons. The fourth-order valence-corrected chi connectivity index (χ4v) is 7.33. The summed E-state index contributed by atoms with van der Waals surface area (Å²) in [5.74, 6) is -0.962. The predicted molar refractivity (Wildman–Crippen MR) is 279 cm³/mol. The molecule has 0 fully saturated rings. The maximum Gasteiger partial charge on any atom is 0.306 e. The van der Waals surface area contributed by atoms with Gasteiger partial charge in [-0.15, -0.1) is 0 Å². The highest BCUT2D eigenvalue weighted by Gasteiger charge is 2.19. The van der Waals surface area contributed by atoms with Gasteiger partial charge in [0.15, 0.2) is 6.10 Å². The van der Waals surface area contributed by atoms with Crippen LogP contribution in [0.3, 0.4) is 0 Å². The maximum atomic E-state index is 12.8. The SMILES string of the molecule is CC/C=C/C/C=C/C/C=C/C/C=C/C/C=C/CCCC(=O)OC[C@@H](COC(=O)CCCCCCCCCCCCCCC)OC(=O)CCCCCCCCC/C=C/C/C=C/CCCCC. The van der Waals surface area contributed by atoms with Gasteiger partial charge in [0.25, 0.3) is 0 Å². The van der Waals surface area contributed by atoms with Crippen LogP contribution in [0.1, 0.15) is 252 Å². The molecule has 0 saturated carbocycles. The smallest absolute Gasteiger partial charge is 0.306 e. The minimum absolute atomic E-state index is 0.0960. The van der Waals surface area contributed by atoms with Crippen LogP contribution in [-0.4, -0.2) is 37.2 Å². The molecule has 0 aromatic heterocycles. The molecule has 65 heavy (non-hydrogen) atoms. The number of hydrogen-bond acceptors (Lipinski definition) is 6. The van der Waals surface area contributed by atoms with Crippen molar-refractivity contribution in [2.45, 2.75) is 258 Å². The van der Waals surface area contributed by atoms with Crippen LogP contribution >= 0.6 is 0 Å². The van der Waals surface area contributed by atoms with Gasteiger partial charge in [-0.25, -0.2) is 0 Å². The Kier molecular flexibility index (Phi) is 50.4. The van der Waals surface area contributed by atoms with Crippen LogP contribution in [0.4, 0.5) is 0 Å². The Bertz CT molecular complexity index is 1270. The van der Waals surface area contributed by atoms with Gasteiger partial charge in [-0.2, -0.15) is 0 Å².